The van der Waals surface area contributed by atoms with Crippen molar-refractivity contribution in [2.24, 2.45) is 0 Å². The lowest BCUT2D eigenvalue weighted by Crippen LogP contribution is -2.10. The van der Waals surface area contributed by atoms with E-state index in [2.05, 4.69) is 53.0 Å². The van der Waals surface area contributed by atoms with Crippen LogP contribution in [0.2, 0.25) is 0 Å². The van der Waals surface area contributed by atoms with E-state index in [1.54, 1.807) is 11.3 Å². The van der Waals surface area contributed by atoms with E-state index in [0.717, 1.165) is 17.5 Å². The van der Waals surface area contributed by atoms with E-state index in [4.69, 9.17) is 5.73 Å². The maximum atomic E-state index is 6.09. The number of rotatable bonds is 3. The van der Waals surface area contributed by atoms with E-state index in [1.165, 1.54) is 10.4 Å². The van der Waals surface area contributed by atoms with E-state index in [-0.39, 0.29) is 0 Å². The van der Waals surface area contributed by atoms with Crippen LogP contribution in [0, 0.1) is 6.92 Å². The number of benzene rings is 1. The fourth-order valence-electron chi connectivity index (χ4n) is 2.50. The van der Waals surface area contributed by atoms with Crippen molar-refractivity contribution in [2.75, 3.05) is 5.73 Å². The molecule has 1 unspecified atom stereocenters. The third kappa shape index (κ3) is 2.24. The third-order valence-electron chi connectivity index (χ3n) is 3.39. The Balaban J connectivity index is 2.03. The van der Waals surface area contributed by atoms with E-state index >= 15 is 0 Å². The maximum Gasteiger partial charge on any atom is 0.201 e. The SMILES string of the molecule is Cc1ccc2nc(N)n(C(C)Cc3cccs3)c2c1. The Morgan fingerprint density at radius 2 is 2.21 bits per heavy atom. The average Bonchev–Trinajstić information content (AvgIpc) is 2.95. The molecule has 0 saturated heterocycles. The zero-order valence-electron chi connectivity index (χ0n) is 11.1. The Hall–Kier alpha value is -1.81. The van der Waals surface area contributed by atoms with E-state index < -0.39 is 0 Å². The van der Waals surface area contributed by atoms with Crippen molar-refractivity contribution in [3.8, 4) is 0 Å². The van der Waals surface area contributed by atoms with Crippen molar-refractivity contribution in [3.63, 3.8) is 0 Å². The summed E-state index contributed by atoms with van der Waals surface area (Å²) in [5.74, 6) is 0.602. The number of imidazole rings is 1. The van der Waals surface area contributed by atoms with Gasteiger partial charge in [0.1, 0.15) is 0 Å². The molecule has 98 valence electrons. The van der Waals surface area contributed by atoms with Crippen molar-refractivity contribution >= 4 is 28.3 Å². The first-order valence-electron chi connectivity index (χ1n) is 6.41. The molecule has 0 aliphatic heterocycles. The highest BCUT2D eigenvalue weighted by Crippen LogP contribution is 2.26. The van der Waals surface area contributed by atoms with Crippen molar-refractivity contribution in [1.82, 2.24) is 9.55 Å². The zero-order valence-corrected chi connectivity index (χ0v) is 11.9. The first-order chi connectivity index (χ1) is 9.15. The molecule has 0 amide bonds. The van der Waals surface area contributed by atoms with Gasteiger partial charge in [-0.25, -0.2) is 4.98 Å². The van der Waals surface area contributed by atoms with Gasteiger partial charge in [-0.2, -0.15) is 0 Å². The number of nitrogens with zero attached hydrogens (tertiary/aromatic N) is 2. The molecule has 0 saturated carbocycles. The molecule has 1 atom stereocenters. The lowest BCUT2D eigenvalue weighted by atomic mass is 10.1. The number of aryl methyl sites for hydroxylation is 1. The maximum absolute atomic E-state index is 6.09. The van der Waals surface area contributed by atoms with Crippen molar-refractivity contribution in [3.05, 3.63) is 46.2 Å². The highest BCUT2D eigenvalue weighted by Gasteiger charge is 2.14. The van der Waals surface area contributed by atoms with Crippen LogP contribution in [0.15, 0.2) is 35.7 Å². The molecule has 19 heavy (non-hydrogen) atoms. The van der Waals surface area contributed by atoms with E-state index in [0.29, 0.717) is 12.0 Å². The zero-order chi connectivity index (χ0) is 13.4. The summed E-state index contributed by atoms with van der Waals surface area (Å²) < 4.78 is 2.14. The van der Waals surface area contributed by atoms with E-state index in [9.17, 15) is 0 Å². The summed E-state index contributed by atoms with van der Waals surface area (Å²) in [6, 6.07) is 10.8. The van der Waals surface area contributed by atoms with Gasteiger partial charge in [-0.1, -0.05) is 12.1 Å². The van der Waals surface area contributed by atoms with Crippen molar-refractivity contribution < 1.29 is 0 Å². The summed E-state index contributed by atoms with van der Waals surface area (Å²) in [6.07, 6.45) is 0.987. The number of fused-ring (bicyclic) bond motifs is 1. The van der Waals surface area contributed by atoms with Crippen molar-refractivity contribution in [1.29, 1.82) is 0 Å². The number of hydrogen-bond donors (Lipinski definition) is 1. The van der Waals surface area contributed by atoms with Crippen LogP contribution in [0.5, 0.6) is 0 Å². The summed E-state index contributed by atoms with van der Waals surface area (Å²) in [5, 5.41) is 2.11. The molecular formula is C15H17N3S. The topological polar surface area (TPSA) is 43.8 Å². The molecule has 3 aromatic rings. The number of aromatic nitrogens is 2. The van der Waals surface area contributed by atoms with Crippen LogP contribution in [0.25, 0.3) is 11.0 Å². The molecule has 3 nitrogen and oxygen atoms in total. The number of nitrogen functional groups attached to an aromatic ring is 1. The predicted molar refractivity (Wildman–Crippen MR) is 81.6 cm³/mol. The van der Waals surface area contributed by atoms with Gasteiger partial charge in [0, 0.05) is 17.3 Å². The van der Waals surface area contributed by atoms with Crippen LogP contribution >= 0.6 is 11.3 Å². The summed E-state index contributed by atoms with van der Waals surface area (Å²) in [7, 11) is 0. The van der Waals surface area contributed by atoms with Gasteiger partial charge in [-0.3, -0.25) is 0 Å². The second-order valence-corrected chi connectivity index (χ2v) is 6.00. The molecule has 0 fully saturated rings. The molecule has 0 spiro atoms. The standard InChI is InChI=1S/C15H17N3S/c1-10-5-6-13-14(8-10)18(15(16)17-13)11(2)9-12-4-3-7-19-12/h3-8,11H,9H2,1-2H3,(H2,16,17). The fourth-order valence-corrected chi connectivity index (χ4v) is 3.32. The van der Waals surface area contributed by atoms with Gasteiger partial charge in [0.15, 0.2) is 0 Å². The van der Waals surface area contributed by atoms with Gasteiger partial charge in [0.2, 0.25) is 5.95 Å². The van der Waals surface area contributed by atoms with Crippen LogP contribution in [-0.2, 0) is 6.42 Å². The Morgan fingerprint density at radius 1 is 1.37 bits per heavy atom. The lowest BCUT2D eigenvalue weighted by molar-refractivity contribution is 0.571. The lowest BCUT2D eigenvalue weighted by Gasteiger charge is -2.15. The van der Waals surface area contributed by atoms with E-state index in [1.807, 2.05) is 6.07 Å². The average molecular weight is 271 g/mol. The van der Waals surface area contributed by atoms with Gasteiger partial charge in [-0.15, -0.1) is 11.3 Å². The summed E-state index contributed by atoms with van der Waals surface area (Å²) in [5.41, 5.74) is 9.42. The number of anilines is 1. The molecular weight excluding hydrogens is 254 g/mol. The molecule has 3 rings (SSSR count). The van der Waals surface area contributed by atoms with Gasteiger partial charge in [0.25, 0.3) is 0 Å². The molecule has 2 aromatic heterocycles. The van der Waals surface area contributed by atoms with Crippen LogP contribution in [0.3, 0.4) is 0 Å². The molecule has 1 aromatic carbocycles. The molecule has 2 N–H and O–H groups in total. The van der Waals surface area contributed by atoms with Crippen LogP contribution in [0.1, 0.15) is 23.4 Å². The molecule has 4 heteroatoms. The van der Waals surface area contributed by atoms with Crippen LogP contribution in [0.4, 0.5) is 5.95 Å². The monoisotopic (exact) mass is 271 g/mol. The summed E-state index contributed by atoms with van der Waals surface area (Å²) in [4.78, 5) is 5.83. The van der Waals surface area contributed by atoms with Crippen molar-refractivity contribution in [2.45, 2.75) is 26.3 Å². The molecule has 0 aliphatic carbocycles. The van der Waals surface area contributed by atoms with Crippen LogP contribution < -0.4 is 5.73 Å². The molecule has 2 heterocycles. The fraction of sp³-hybridized carbons (Fsp3) is 0.267. The summed E-state index contributed by atoms with van der Waals surface area (Å²) in [6.45, 7) is 4.29. The van der Waals surface area contributed by atoms with Gasteiger partial charge in [-0.05, 0) is 43.0 Å². The Kier molecular flexibility index (Phi) is 3.03. The molecule has 0 aliphatic rings. The molecule has 0 radical (unpaired) electrons. The number of thiophene rings is 1. The predicted octanol–water partition coefficient (Wildman–Crippen LogP) is 3.79. The number of hydrogen-bond acceptors (Lipinski definition) is 3. The summed E-state index contributed by atoms with van der Waals surface area (Å²) >= 11 is 1.79. The highest BCUT2D eigenvalue weighted by molar-refractivity contribution is 7.09. The minimum Gasteiger partial charge on any atom is -0.369 e. The Labute approximate surface area is 116 Å². The minimum absolute atomic E-state index is 0.311. The van der Waals surface area contributed by atoms with Gasteiger partial charge < -0.3 is 10.3 Å². The Bertz CT molecular complexity index is 698. The quantitative estimate of drug-likeness (QED) is 0.787. The molecule has 0 bridgehead atoms. The smallest absolute Gasteiger partial charge is 0.201 e. The highest BCUT2D eigenvalue weighted by atomic mass is 32.1. The largest absolute Gasteiger partial charge is 0.369 e. The van der Waals surface area contributed by atoms with Crippen LogP contribution in [-0.4, -0.2) is 9.55 Å². The second kappa shape index (κ2) is 4.70. The van der Waals surface area contributed by atoms with Gasteiger partial charge >= 0.3 is 0 Å². The third-order valence-corrected chi connectivity index (χ3v) is 4.29. The number of nitrogens with two attached hydrogens (primary N) is 1. The minimum atomic E-state index is 0.311. The van der Waals surface area contributed by atoms with Gasteiger partial charge in [0.05, 0.1) is 11.0 Å². The first-order valence-corrected chi connectivity index (χ1v) is 7.29. The first kappa shape index (κ1) is 12.2. The Morgan fingerprint density at radius 3 is 2.95 bits per heavy atom. The second-order valence-electron chi connectivity index (χ2n) is 4.96. The normalized spacial score (nSPS) is 12.9.